The molecule has 170 valence electrons. The molecule has 0 amide bonds. The first-order valence-electron chi connectivity index (χ1n) is 9.87. The number of hydrogen-bond acceptors (Lipinski definition) is 7. The van der Waals surface area contributed by atoms with Gasteiger partial charge in [-0.05, 0) is 43.7 Å². The first-order chi connectivity index (χ1) is 14.7. The summed E-state index contributed by atoms with van der Waals surface area (Å²) >= 11 is 0. The quantitative estimate of drug-likeness (QED) is 0.614. The van der Waals surface area contributed by atoms with Crippen molar-refractivity contribution in [2.24, 2.45) is 0 Å². The molecule has 1 aliphatic heterocycles. The van der Waals surface area contributed by atoms with E-state index in [0.717, 1.165) is 0 Å². The molecule has 1 fully saturated rings. The molecule has 31 heavy (non-hydrogen) atoms. The van der Waals surface area contributed by atoms with Gasteiger partial charge >= 0.3 is 0 Å². The molecule has 0 spiro atoms. The molecular weight excluding hydrogens is 442 g/mol. The molecule has 0 aliphatic carbocycles. The number of sulfonamides is 2. The molecule has 11 heteroatoms. The summed E-state index contributed by atoms with van der Waals surface area (Å²) in [5.74, 6) is 0.780. The van der Waals surface area contributed by atoms with Crippen LogP contribution in [0.4, 0.5) is 5.69 Å². The van der Waals surface area contributed by atoms with Gasteiger partial charge in [0, 0.05) is 37.9 Å². The molecule has 3 rings (SSSR count). The highest BCUT2D eigenvalue weighted by Crippen LogP contribution is 2.31. The van der Waals surface area contributed by atoms with E-state index in [4.69, 9.17) is 15.2 Å². The van der Waals surface area contributed by atoms with E-state index in [1.807, 2.05) is 6.92 Å². The van der Waals surface area contributed by atoms with Crippen LogP contribution < -0.4 is 15.2 Å². The third kappa shape index (κ3) is 4.95. The van der Waals surface area contributed by atoms with Crippen molar-refractivity contribution in [2.45, 2.75) is 23.1 Å². The summed E-state index contributed by atoms with van der Waals surface area (Å²) in [6, 6.07) is 10.5. The second-order valence-corrected chi connectivity index (χ2v) is 10.9. The Hall–Kier alpha value is -2.34. The molecule has 0 radical (unpaired) electrons. The van der Waals surface area contributed by atoms with Crippen LogP contribution in [0.15, 0.2) is 52.3 Å². The molecule has 0 bridgehead atoms. The predicted octanol–water partition coefficient (Wildman–Crippen LogP) is 1.76. The van der Waals surface area contributed by atoms with Crippen LogP contribution in [0.25, 0.3) is 0 Å². The number of rotatable bonds is 7. The van der Waals surface area contributed by atoms with Gasteiger partial charge in [-0.15, -0.1) is 0 Å². The van der Waals surface area contributed by atoms with E-state index in [-0.39, 0.29) is 36.0 Å². The summed E-state index contributed by atoms with van der Waals surface area (Å²) in [4.78, 5) is 0.167. The molecule has 1 saturated heterocycles. The van der Waals surface area contributed by atoms with Gasteiger partial charge in [0.05, 0.1) is 23.5 Å². The Morgan fingerprint density at radius 1 is 0.871 bits per heavy atom. The number of benzene rings is 2. The number of ether oxygens (including phenoxy) is 2. The topological polar surface area (TPSA) is 119 Å². The van der Waals surface area contributed by atoms with Crippen molar-refractivity contribution in [3.63, 3.8) is 0 Å². The summed E-state index contributed by atoms with van der Waals surface area (Å²) in [6.45, 7) is 2.76. The maximum absolute atomic E-state index is 13.2. The van der Waals surface area contributed by atoms with Crippen molar-refractivity contribution in [3.8, 4) is 11.5 Å². The zero-order valence-electron chi connectivity index (χ0n) is 17.5. The molecular formula is C20H27N3O6S2. The Balaban J connectivity index is 1.81. The minimum absolute atomic E-state index is 0.0411. The van der Waals surface area contributed by atoms with Gasteiger partial charge in [0.15, 0.2) is 11.5 Å². The summed E-state index contributed by atoms with van der Waals surface area (Å²) in [7, 11) is -6.16. The van der Waals surface area contributed by atoms with Crippen LogP contribution in [0.5, 0.6) is 11.5 Å². The van der Waals surface area contributed by atoms with Crippen molar-refractivity contribution in [1.82, 2.24) is 8.61 Å². The Bertz CT molecular complexity index is 1140. The van der Waals surface area contributed by atoms with Crippen LogP contribution in [0.3, 0.4) is 0 Å². The fraction of sp³-hybridized carbons (Fsp3) is 0.400. The Kier molecular flexibility index (Phi) is 7.10. The molecule has 2 N–H and O–H groups in total. The molecule has 2 aromatic carbocycles. The normalized spacial score (nSPS) is 16.6. The molecule has 0 saturated carbocycles. The lowest BCUT2D eigenvalue weighted by Crippen LogP contribution is -2.37. The minimum atomic E-state index is -3.83. The first-order valence-corrected chi connectivity index (χ1v) is 12.7. The van der Waals surface area contributed by atoms with E-state index >= 15 is 0 Å². The highest BCUT2D eigenvalue weighted by molar-refractivity contribution is 7.89. The van der Waals surface area contributed by atoms with E-state index in [1.165, 1.54) is 40.0 Å². The number of anilines is 1. The molecule has 9 nitrogen and oxygen atoms in total. The third-order valence-electron chi connectivity index (χ3n) is 4.98. The molecule has 2 aromatic rings. The SMILES string of the molecule is CCOc1ccc(S(=O)(=O)N2CCCN(S(=O)(=O)c3cccc(N)c3)CC2)cc1OC. The van der Waals surface area contributed by atoms with Crippen LogP contribution in [0, 0.1) is 0 Å². The molecule has 0 aromatic heterocycles. The van der Waals surface area contributed by atoms with Gasteiger partial charge in [0.2, 0.25) is 20.0 Å². The average molecular weight is 470 g/mol. The first kappa shape index (κ1) is 23.3. The van der Waals surface area contributed by atoms with Crippen LogP contribution >= 0.6 is 0 Å². The van der Waals surface area contributed by atoms with E-state index in [9.17, 15) is 16.8 Å². The fourth-order valence-corrected chi connectivity index (χ4v) is 6.42. The van der Waals surface area contributed by atoms with Gasteiger partial charge in [0.25, 0.3) is 0 Å². The van der Waals surface area contributed by atoms with Crippen molar-refractivity contribution < 1.29 is 26.3 Å². The van der Waals surface area contributed by atoms with Gasteiger partial charge in [-0.1, -0.05) is 6.07 Å². The lowest BCUT2D eigenvalue weighted by molar-refractivity contribution is 0.310. The second-order valence-electron chi connectivity index (χ2n) is 6.98. The van der Waals surface area contributed by atoms with E-state index in [0.29, 0.717) is 30.2 Å². The molecule has 1 aliphatic rings. The standard InChI is InChI=1S/C20H27N3O6S2/c1-3-29-19-9-8-18(15-20(19)28-2)31(26,27)23-11-5-10-22(12-13-23)30(24,25)17-7-4-6-16(21)14-17/h4,6-9,14-15H,3,5,10-13,21H2,1-2H3. The molecule has 0 atom stereocenters. The maximum Gasteiger partial charge on any atom is 0.243 e. The van der Waals surface area contributed by atoms with Crippen molar-refractivity contribution in [1.29, 1.82) is 0 Å². The summed E-state index contributed by atoms with van der Waals surface area (Å²) < 4.78 is 65.6. The minimum Gasteiger partial charge on any atom is -0.493 e. The van der Waals surface area contributed by atoms with Crippen LogP contribution in [0.1, 0.15) is 13.3 Å². The van der Waals surface area contributed by atoms with Gasteiger partial charge in [-0.25, -0.2) is 16.8 Å². The van der Waals surface area contributed by atoms with Crippen molar-refractivity contribution in [3.05, 3.63) is 42.5 Å². The monoisotopic (exact) mass is 469 g/mol. The van der Waals surface area contributed by atoms with Crippen LogP contribution in [-0.2, 0) is 20.0 Å². The Labute approximate surface area is 183 Å². The molecule has 1 heterocycles. The smallest absolute Gasteiger partial charge is 0.243 e. The highest BCUT2D eigenvalue weighted by Gasteiger charge is 2.32. The number of methoxy groups -OCH3 is 1. The maximum atomic E-state index is 13.2. The summed E-state index contributed by atoms with van der Waals surface area (Å²) in [6.07, 6.45) is 0.370. The molecule has 0 unspecified atom stereocenters. The van der Waals surface area contributed by atoms with E-state index in [1.54, 1.807) is 18.2 Å². The largest absolute Gasteiger partial charge is 0.493 e. The summed E-state index contributed by atoms with van der Waals surface area (Å²) in [5, 5.41) is 0. The van der Waals surface area contributed by atoms with Gasteiger partial charge in [-0.3, -0.25) is 0 Å². The van der Waals surface area contributed by atoms with Gasteiger partial charge < -0.3 is 15.2 Å². The zero-order chi connectivity index (χ0) is 22.6. The van der Waals surface area contributed by atoms with E-state index in [2.05, 4.69) is 0 Å². The number of hydrogen-bond donors (Lipinski definition) is 1. The van der Waals surface area contributed by atoms with Gasteiger partial charge in [-0.2, -0.15) is 8.61 Å². The van der Waals surface area contributed by atoms with Crippen molar-refractivity contribution >= 4 is 25.7 Å². The lowest BCUT2D eigenvalue weighted by Gasteiger charge is -2.22. The Morgan fingerprint density at radius 3 is 2.03 bits per heavy atom. The predicted molar refractivity (Wildman–Crippen MR) is 117 cm³/mol. The lowest BCUT2D eigenvalue weighted by atomic mass is 10.3. The number of nitrogen functional groups attached to an aromatic ring is 1. The Morgan fingerprint density at radius 2 is 1.48 bits per heavy atom. The third-order valence-corrected chi connectivity index (χ3v) is 8.77. The van der Waals surface area contributed by atoms with Crippen LogP contribution in [-0.4, -0.2) is 65.3 Å². The fourth-order valence-electron chi connectivity index (χ4n) is 3.41. The number of nitrogens with zero attached hydrogens (tertiary/aromatic N) is 2. The number of nitrogens with two attached hydrogens (primary N) is 1. The van der Waals surface area contributed by atoms with Crippen LogP contribution in [0.2, 0.25) is 0 Å². The highest BCUT2D eigenvalue weighted by atomic mass is 32.2. The second kappa shape index (κ2) is 9.43. The van der Waals surface area contributed by atoms with Crippen molar-refractivity contribution in [2.75, 3.05) is 45.6 Å². The van der Waals surface area contributed by atoms with E-state index < -0.39 is 20.0 Å². The van der Waals surface area contributed by atoms with Gasteiger partial charge in [0.1, 0.15) is 0 Å². The average Bonchev–Trinajstić information content (AvgIpc) is 3.01. The summed E-state index contributed by atoms with van der Waals surface area (Å²) in [5.41, 5.74) is 6.07. The zero-order valence-corrected chi connectivity index (χ0v) is 19.2.